The smallest absolute Gasteiger partial charge is 0.456 e. The number of alkyl halides is 5. The van der Waals surface area contributed by atoms with Crippen LogP contribution in [0.5, 0.6) is 5.88 Å². The van der Waals surface area contributed by atoms with Gasteiger partial charge in [0.2, 0.25) is 5.88 Å². The van der Waals surface area contributed by atoms with E-state index in [1.54, 1.807) is 0 Å². The third-order valence-electron chi connectivity index (χ3n) is 2.66. The zero-order valence-electron chi connectivity index (χ0n) is 11.4. The fourth-order valence-corrected chi connectivity index (χ4v) is 1.72. The monoisotopic (exact) mass is 371 g/mol. The zero-order valence-corrected chi connectivity index (χ0v) is 12.1. The number of carbonyl (C=O) groups is 1. The van der Waals surface area contributed by atoms with Gasteiger partial charge >= 0.3 is 18.1 Å². The number of halogens is 6. The fraction of sp³-hybridized carbons (Fsp3) is 0.250. The van der Waals surface area contributed by atoms with E-state index in [9.17, 15) is 26.7 Å². The first kappa shape index (κ1) is 17.9. The molecule has 1 N–H and O–H groups in total. The van der Waals surface area contributed by atoms with Crippen molar-refractivity contribution >= 4 is 17.6 Å². The van der Waals surface area contributed by atoms with Crippen molar-refractivity contribution in [3.8, 4) is 11.7 Å². The molecule has 0 unspecified atom stereocenters. The first-order valence-corrected chi connectivity index (χ1v) is 6.42. The van der Waals surface area contributed by atoms with Gasteiger partial charge in [0.05, 0.1) is 5.02 Å². The van der Waals surface area contributed by atoms with Crippen LogP contribution in [0.2, 0.25) is 5.02 Å². The van der Waals surface area contributed by atoms with Crippen LogP contribution in [0.4, 0.5) is 22.0 Å². The minimum atomic E-state index is -5.81. The van der Waals surface area contributed by atoms with E-state index in [-0.39, 0.29) is 10.8 Å². The van der Waals surface area contributed by atoms with Crippen LogP contribution in [-0.4, -0.2) is 44.5 Å². The van der Waals surface area contributed by atoms with Gasteiger partial charge in [-0.15, -0.1) is 5.10 Å². The normalized spacial score (nSPS) is 12.2. The molecule has 0 aliphatic rings. The lowest BCUT2D eigenvalue weighted by Crippen LogP contribution is -2.41. The van der Waals surface area contributed by atoms with E-state index in [4.69, 9.17) is 16.7 Å². The highest BCUT2D eigenvalue weighted by molar-refractivity contribution is 6.32. The van der Waals surface area contributed by atoms with Gasteiger partial charge in [-0.2, -0.15) is 22.0 Å². The third kappa shape index (κ3) is 3.55. The highest BCUT2D eigenvalue weighted by atomic mass is 35.5. The van der Waals surface area contributed by atoms with Crippen LogP contribution in [0.25, 0.3) is 5.82 Å². The lowest BCUT2D eigenvalue weighted by molar-refractivity contribution is -0.290. The largest absolute Gasteiger partial charge is 0.477 e. The minimum Gasteiger partial charge on any atom is -0.477 e. The second-order valence-electron chi connectivity index (χ2n) is 4.38. The Bertz CT molecular complexity index is 763. The lowest BCUT2D eigenvalue weighted by Gasteiger charge is -2.18. The van der Waals surface area contributed by atoms with Crippen molar-refractivity contribution in [2.24, 2.45) is 0 Å². The summed E-state index contributed by atoms with van der Waals surface area (Å²) in [6, 6.07) is 3.48. The van der Waals surface area contributed by atoms with Crippen molar-refractivity contribution in [3.05, 3.63) is 35.1 Å². The molecular formula is C12H7ClF5N3O3. The van der Waals surface area contributed by atoms with Crippen molar-refractivity contribution in [2.75, 3.05) is 6.61 Å². The number of carboxylic acid groups (broad SMARTS) is 1. The van der Waals surface area contributed by atoms with E-state index in [0.717, 1.165) is 0 Å². The van der Waals surface area contributed by atoms with E-state index in [0.29, 0.717) is 10.7 Å². The van der Waals surface area contributed by atoms with Crippen LogP contribution in [0.15, 0.2) is 24.4 Å². The van der Waals surface area contributed by atoms with Gasteiger partial charge in [0.15, 0.2) is 18.1 Å². The molecule has 0 aromatic carbocycles. The summed E-state index contributed by atoms with van der Waals surface area (Å²) in [5.41, 5.74) is -0.582. The Labute approximate surface area is 135 Å². The van der Waals surface area contributed by atoms with Gasteiger partial charge in [-0.05, 0) is 12.1 Å². The summed E-state index contributed by atoms with van der Waals surface area (Å²) < 4.78 is 66.9. The van der Waals surface area contributed by atoms with Gasteiger partial charge < -0.3 is 9.84 Å². The second kappa shape index (κ2) is 6.23. The average molecular weight is 372 g/mol. The van der Waals surface area contributed by atoms with Crippen molar-refractivity contribution in [3.63, 3.8) is 0 Å². The molecule has 2 rings (SSSR count). The van der Waals surface area contributed by atoms with Crippen LogP contribution in [0.3, 0.4) is 0 Å². The number of ether oxygens (including phenoxy) is 1. The van der Waals surface area contributed by atoms with E-state index in [1.165, 1.54) is 18.3 Å². The summed E-state index contributed by atoms with van der Waals surface area (Å²) in [5.74, 6) is -7.57. The third-order valence-corrected chi connectivity index (χ3v) is 2.96. The number of hydrogen-bond acceptors (Lipinski definition) is 4. The SMILES string of the molecule is O=C(O)c1cc(OCC(F)(F)C(F)(F)F)nn1-c1ncccc1Cl. The molecule has 2 aromatic rings. The second-order valence-corrected chi connectivity index (χ2v) is 4.79. The molecule has 0 spiro atoms. The van der Waals surface area contributed by atoms with Gasteiger partial charge in [0.1, 0.15) is 0 Å². The maximum absolute atomic E-state index is 12.8. The summed E-state index contributed by atoms with van der Waals surface area (Å²) in [4.78, 5) is 14.9. The molecule has 0 bridgehead atoms. The average Bonchev–Trinajstić information content (AvgIpc) is 2.89. The number of aromatic carboxylic acids is 1. The molecule has 0 aliphatic heterocycles. The van der Waals surface area contributed by atoms with E-state index < -0.39 is 36.2 Å². The summed E-state index contributed by atoms with van der Waals surface area (Å²) in [7, 11) is 0. The summed E-state index contributed by atoms with van der Waals surface area (Å²) in [6.07, 6.45) is -4.55. The topological polar surface area (TPSA) is 77.2 Å². The quantitative estimate of drug-likeness (QED) is 0.817. The molecule has 6 nitrogen and oxygen atoms in total. The molecule has 0 aliphatic carbocycles. The van der Waals surface area contributed by atoms with Crippen LogP contribution in [0.1, 0.15) is 10.5 Å². The van der Waals surface area contributed by atoms with Crippen molar-refractivity contribution < 1.29 is 36.6 Å². The molecule has 2 heterocycles. The van der Waals surface area contributed by atoms with Crippen molar-refractivity contribution in [1.29, 1.82) is 0 Å². The molecule has 130 valence electrons. The number of pyridine rings is 1. The predicted molar refractivity (Wildman–Crippen MR) is 69.8 cm³/mol. The van der Waals surface area contributed by atoms with E-state index >= 15 is 0 Å². The number of nitrogens with zero attached hydrogens (tertiary/aromatic N) is 3. The number of hydrogen-bond donors (Lipinski definition) is 1. The standard InChI is InChI=1S/C12H7ClF5N3O3/c13-6-2-1-3-19-9(6)21-7(10(22)23)4-8(20-21)24-5-11(14,15)12(16,17)18/h1-4H,5H2,(H,22,23). The lowest BCUT2D eigenvalue weighted by atomic mass is 10.3. The first-order chi connectivity index (χ1) is 11.0. The van der Waals surface area contributed by atoms with Crippen molar-refractivity contribution in [1.82, 2.24) is 14.8 Å². The molecule has 2 aromatic heterocycles. The highest BCUT2D eigenvalue weighted by Gasteiger charge is 2.58. The Morgan fingerprint density at radius 1 is 1.33 bits per heavy atom. The molecule has 0 atom stereocenters. The van der Waals surface area contributed by atoms with Gasteiger partial charge in [-0.1, -0.05) is 11.6 Å². The number of carboxylic acids is 1. The van der Waals surface area contributed by atoms with Gasteiger partial charge in [0.25, 0.3) is 0 Å². The van der Waals surface area contributed by atoms with E-state index in [2.05, 4.69) is 14.8 Å². The molecule has 0 saturated heterocycles. The molecule has 0 amide bonds. The molecule has 0 fully saturated rings. The van der Waals surface area contributed by atoms with Crippen molar-refractivity contribution in [2.45, 2.75) is 12.1 Å². The summed E-state index contributed by atoms with van der Waals surface area (Å²) >= 11 is 5.83. The van der Waals surface area contributed by atoms with Gasteiger partial charge in [0, 0.05) is 12.3 Å². The molecule has 0 radical (unpaired) electrons. The van der Waals surface area contributed by atoms with Crippen LogP contribution < -0.4 is 4.74 Å². The Hall–Kier alpha value is -2.43. The minimum absolute atomic E-state index is 0.0183. The number of rotatable bonds is 5. The predicted octanol–water partition coefficient (Wildman–Crippen LogP) is 3.20. The Kier molecular flexibility index (Phi) is 4.65. The fourth-order valence-electron chi connectivity index (χ4n) is 1.52. The summed E-state index contributed by atoms with van der Waals surface area (Å²) in [5, 5.41) is 12.6. The molecular weight excluding hydrogens is 365 g/mol. The summed E-state index contributed by atoms with van der Waals surface area (Å²) in [6.45, 7) is -2.05. The highest BCUT2D eigenvalue weighted by Crippen LogP contribution is 2.35. The number of aromatic nitrogens is 3. The zero-order chi connectivity index (χ0) is 18.1. The first-order valence-electron chi connectivity index (χ1n) is 6.04. The van der Waals surface area contributed by atoms with Crippen LogP contribution in [0, 0.1) is 0 Å². The Balaban J connectivity index is 2.33. The molecule has 24 heavy (non-hydrogen) atoms. The van der Waals surface area contributed by atoms with Gasteiger partial charge in [-0.25, -0.2) is 14.5 Å². The Morgan fingerprint density at radius 3 is 2.54 bits per heavy atom. The maximum atomic E-state index is 12.8. The Morgan fingerprint density at radius 2 is 2.00 bits per heavy atom. The van der Waals surface area contributed by atoms with Crippen LogP contribution >= 0.6 is 11.6 Å². The molecule has 0 saturated carbocycles. The maximum Gasteiger partial charge on any atom is 0.456 e. The van der Waals surface area contributed by atoms with Gasteiger partial charge in [-0.3, -0.25) is 0 Å². The molecule has 12 heteroatoms. The van der Waals surface area contributed by atoms with E-state index in [1.807, 2.05) is 0 Å². The van der Waals surface area contributed by atoms with Crippen LogP contribution in [-0.2, 0) is 0 Å².